The van der Waals surface area contributed by atoms with Crippen LogP contribution in [-0.2, 0) is 19.1 Å². The molecule has 0 spiro atoms. The third-order valence-corrected chi connectivity index (χ3v) is 4.38. The lowest BCUT2D eigenvalue weighted by Crippen LogP contribution is -2.38. The van der Waals surface area contributed by atoms with Crippen LogP contribution in [0.1, 0.15) is 23.9 Å². The molecule has 0 saturated carbocycles. The molecule has 0 aliphatic heterocycles. The maximum absolute atomic E-state index is 12.7. The molecule has 3 rings (SSSR count). The third kappa shape index (κ3) is 6.07. The maximum atomic E-state index is 12.7. The Labute approximate surface area is 190 Å². The quantitative estimate of drug-likeness (QED) is 0.296. The van der Waals surface area contributed by atoms with Crippen molar-refractivity contribution in [2.24, 2.45) is 4.99 Å². The van der Waals surface area contributed by atoms with Gasteiger partial charge in [0.1, 0.15) is 5.82 Å². The predicted octanol–water partition coefficient (Wildman–Crippen LogP) is 4.01. The van der Waals surface area contributed by atoms with E-state index in [-0.39, 0.29) is 24.0 Å². The van der Waals surface area contributed by atoms with E-state index in [2.05, 4.69) is 20.5 Å². The number of guanidine groups is 1. The van der Waals surface area contributed by atoms with E-state index in [1.54, 1.807) is 0 Å². The molecule has 0 aliphatic rings. The normalized spacial score (nSPS) is 12.0. The first kappa shape index (κ1) is 23.9. The number of fused-ring (bicyclic) bond motifs is 1. The molecule has 0 bridgehead atoms. The van der Waals surface area contributed by atoms with Gasteiger partial charge in [0.05, 0.1) is 5.56 Å². The number of rotatable bonds is 6. The van der Waals surface area contributed by atoms with Crippen LogP contribution in [0.25, 0.3) is 5.65 Å². The van der Waals surface area contributed by atoms with E-state index in [1.807, 2.05) is 47.7 Å². The van der Waals surface area contributed by atoms with Gasteiger partial charge in [-0.15, -0.1) is 34.2 Å². The lowest BCUT2D eigenvalue weighted by Gasteiger charge is -2.22. The maximum Gasteiger partial charge on any atom is 0.416 e. The summed E-state index contributed by atoms with van der Waals surface area (Å²) >= 11 is 0. The van der Waals surface area contributed by atoms with Crippen LogP contribution in [0.15, 0.2) is 53.7 Å². The average Bonchev–Trinajstić information content (AvgIpc) is 3.10. The minimum Gasteiger partial charge on any atom is -0.357 e. The molecular weight excluding hydrogens is 508 g/mol. The van der Waals surface area contributed by atoms with Crippen molar-refractivity contribution in [1.29, 1.82) is 0 Å². The summed E-state index contributed by atoms with van der Waals surface area (Å²) in [5, 5.41) is 11.5. The molecule has 2 heterocycles. The van der Waals surface area contributed by atoms with Gasteiger partial charge in [0.2, 0.25) is 0 Å². The molecule has 0 aliphatic carbocycles. The van der Waals surface area contributed by atoms with Gasteiger partial charge in [-0.3, -0.25) is 9.39 Å². The van der Waals surface area contributed by atoms with Crippen LogP contribution in [0.2, 0.25) is 0 Å². The molecule has 0 saturated heterocycles. The molecule has 1 aromatic carbocycles. The number of nitrogens with one attached hydrogen (secondary N) is 1. The predicted molar refractivity (Wildman–Crippen MR) is 121 cm³/mol. The summed E-state index contributed by atoms with van der Waals surface area (Å²) in [6.07, 6.45) is -1.79. The van der Waals surface area contributed by atoms with Gasteiger partial charge in [-0.1, -0.05) is 18.2 Å². The molecule has 6 nitrogen and oxygen atoms in total. The number of hydrogen-bond donors (Lipinski definition) is 1. The van der Waals surface area contributed by atoms with Crippen LogP contribution in [0, 0.1) is 0 Å². The first-order chi connectivity index (χ1) is 13.9. The summed E-state index contributed by atoms with van der Waals surface area (Å²) in [5.41, 5.74) is 0.914. The minimum atomic E-state index is -4.33. The van der Waals surface area contributed by atoms with E-state index in [0.29, 0.717) is 32.0 Å². The molecule has 30 heavy (non-hydrogen) atoms. The summed E-state index contributed by atoms with van der Waals surface area (Å²) < 4.78 is 40.1. The molecule has 1 N–H and O–H groups in total. The minimum absolute atomic E-state index is 0. The van der Waals surface area contributed by atoms with E-state index >= 15 is 0 Å². The van der Waals surface area contributed by atoms with Crippen LogP contribution in [0.4, 0.5) is 13.2 Å². The van der Waals surface area contributed by atoms with Crippen molar-refractivity contribution in [3.8, 4) is 0 Å². The molecule has 10 heteroatoms. The average molecular weight is 532 g/mol. The Morgan fingerprint density at radius 3 is 2.53 bits per heavy atom. The highest BCUT2D eigenvalue weighted by atomic mass is 127. The number of hydrogen-bond acceptors (Lipinski definition) is 3. The second-order valence-electron chi connectivity index (χ2n) is 6.58. The fourth-order valence-corrected chi connectivity index (χ4v) is 2.94. The summed E-state index contributed by atoms with van der Waals surface area (Å²) in [7, 11) is 1.85. The van der Waals surface area contributed by atoms with Crippen LogP contribution in [0.5, 0.6) is 0 Å². The van der Waals surface area contributed by atoms with Crippen LogP contribution in [0.3, 0.4) is 0 Å². The summed E-state index contributed by atoms with van der Waals surface area (Å²) in [6.45, 7) is 3.60. The molecule has 0 unspecified atom stereocenters. The van der Waals surface area contributed by atoms with Gasteiger partial charge >= 0.3 is 6.18 Å². The van der Waals surface area contributed by atoms with Crippen LogP contribution < -0.4 is 5.32 Å². The molecule has 162 valence electrons. The molecule has 0 fully saturated rings. The Hall–Kier alpha value is -2.37. The van der Waals surface area contributed by atoms with Gasteiger partial charge < -0.3 is 10.2 Å². The van der Waals surface area contributed by atoms with Gasteiger partial charge in [0.25, 0.3) is 0 Å². The van der Waals surface area contributed by atoms with Gasteiger partial charge in [-0.2, -0.15) is 13.2 Å². The van der Waals surface area contributed by atoms with Gasteiger partial charge in [0, 0.05) is 39.3 Å². The lowest BCUT2D eigenvalue weighted by atomic mass is 10.1. The van der Waals surface area contributed by atoms with Crippen molar-refractivity contribution in [1.82, 2.24) is 24.8 Å². The monoisotopic (exact) mass is 532 g/mol. The van der Waals surface area contributed by atoms with Crippen LogP contribution >= 0.6 is 24.0 Å². The summed E-state index contributed by atoms with van der Waals surface area (Å²) in [5.74, 6) is 1.51. The van der Waals surface area contributed by atoms with Crippen molar-refractivity contribution in [3.63, 3.8) is 0 Å². The topological polar surface area (TPSA) is 57.8 Å². The zero-order valence-corrected chi connectivity index (χ0v) is 19.1. The number of benzene rings is 1. The van der Waals surface area contributed by atoms with Crippen molar-refractivity contribution in [2.45, 2.75) is 26.1 Å². The molecule has 2 aromatic heterocycles. The highest BCUT2D eigenvalue weighted by Gasteiger charge is 2.29. The molecule has 3 aromatic rings. The van der Waals surface area contributed by atoms with E-state index in [4.69, 9.17) is 0 Å². The third-order valence-electron chi connectivity index (χ3n) is 4.38. The Kier molecular flexibility index (Phi) is 8.44. The number of alkyl halides is 3. The zero-order chi connectivity index (χ0) is 20.9. The smallest absolute Gasteiger partial charge is 0.357 e. The SMILES string of the molecule is CCNC(=NCCc1nnc2ccccn12)N(C)Cc1ccc(C(F)(F)F)cc1.I. The Morgan fingerprint density at radius 2 is 1.87 bits per heavy atom. The zero-order valence-electron chi connectivity index (χ0n) is 16.7. The number of aromatic nitrogens is 3. The van der Waals surface area contributed by atoms with Gasteiger partial charge in [-0.25, -0.2) is 0 Å². The van der Waals surface area contributed by atoms with Crippen molar-refractivity contribution >= 4 is 35.6 Å². The Balaban J connectivity index is 0.00000320. The molecule has 0 amide bonds. The lowest BCUT2D eigenvalue weighted by molar-refractivity contribution is -0.137. The van der Waals surface area contributed by atoms with Crippen molar-refractivity contribution in [2.75, 3.05) is 20.1 Å². The van der Waals surface area contributed by atoms with E-state index in [1.165, 1.54) is 12.1 Å². The van der Waals surface area contributed by atoms with Gasteiger partial charge in [-0.05, 0) is 36.8 Å². The van der Waals surface area contributed by atoms with Crippen molar-refractivity contribution < 1.29 is 13.2 Å². The van der Waals surface area contributed by atoms with Crippen LogP contribution in [-0.4, -0.2) is 45.6 Å². The highest BCUT2D eigenvalue weighted by molar-refractivity contribution is 14.0. The van der Waals surface area contributed by atoms with E-state index in [0.717, 1.165) is 29.2 Å². The largest absolute Gasteiger partial charge is 0.416 e. The molecular formula is C20H24F3IN6. The Morgan fingerprint density at radius 1 is 1.13 bits per heavy atom. The van der Waals surface area contributed by atoms with Gasteiger partial charge in [0.15, 0.2) is 11.6 Å². The second-order valence-corrected chi connectivity index (χ2v) is 6.58. The highest BCUT2D eigenvalue weighted by Crippen LogP contribution is 2.29. The number of nitrogens with zero attached hydrogens (tertiary/aromatic N) is 5. The van der Waals surface area contributed by atoms with E-state index < -0.39 is 11.7 Å². The standard InChI is InChI=1S/C20H23F3N6.HI/c1-3-24-19(25-12-11-18-27-26-17-6-4-5-13-29(17)18)28(2)14-15-7-9-16(10-8-15)20(21,22)23;/h4-10,13H,3,11-12,14H2,1-2H3,(H,24,25);1H. The van der Waals surface area contributed by atoms with E-state index in [9.17, 15) is 13.2 Å². The first-order valence-electron chi connectivity index (χ1n) is 9.32. The first-order valence-corrected chi connectivity index (χ1v) is 9.32. The number of pyridine rings is 1. The fraction of sp³-hybridized carbons (Fsp3) is 0.350. The molecule has 0 radical (unpaired) electrons. The summed E-state index contributed by atoms with van der Waals surface area (Å²) in [6, 6.07) is 10.9. The fourth-order valence-electron chi connectivity index (χ4n) is 2.94. The number of aliphatic imine (C=N–C) groups is 1. The second kappa shape index (κ2) is 10.6. The Bertz CT molecular complexity index is 969. The summed E-state index contributed by atoms with van der Waals surface area (Å²) in [4.78, 5) is 6.50. The number of halogens is 4. The molecule has 0 atom stereocenters. The van der Waals surface area contributed by atoms with Crippen molar-refractivity contribution in [3.05, 3.63) is 65.6 Å².